The molecule has 0 aliphatic carbocycles. The highest BCUT2D eigenvalue weighted by atomic mass is 32.2. The molecule has 1 aromatic heterocycles. The number of nitrogens with one attached hydrogen (secondary N) is 1. The van der Waals surface area contributed by atoms with Gasteiger partial charge in [0, 0.05) is 17.2 Å². The van der Waals surface area contributed by atoms with Crippen molar-refractivity contribution in [1.82, 2.24) is 10.2 Å². The molecule has 3 nitrogen and oxygen atoms in total. The Morgan fingerprint density at radius 1 is 1.59 bits per heavy atom. The van der Waals surface area contributed by atoms with Crippen LogP contribution in [0, 0.1) is 0 Å². The van der Waals surface area contributed by atoms with Crippen LogP contribution in [0.2, 0.25) is 0 Å². The topological polar surface area (TPSA) is 32.3 Å². The van der Waals surface area contributed by atoms with E-state index >= 15 is 0 Å². The van der Waals surface area contributed by atoms with E-state index in [1.54, 1.807) is 23.1 Å². The molecule has 1 aliphatic heterocycles. The van der Waals surface area contributed by atoms with Crippen LogP contribution in [-0.4, -0.2) is 35.4 Å². The van der Waals surface area contributed by atoms with Crippen molar-refractivity contribution >= 4 is 29.0 Å². The van der Waals surface area contributed by atoms with Crippen LogP contribution in [0.5, 0.6) is 0 Å². The van der Waals surface area contributed by atoms with Gasteiger partial charge in [0.25, 0.3) is 0 Å². The monoisotopic (exact) mass is 270 g/mol. The number of thiophene rings is 1. The third-order valence-corrected chi connectivity index (χ3v) is 4.52. The molecule has 1 aromatic rings. The van der Waals surface area contributed by atoms with Crippen LogP contribution in [0.4, 0.5) is 0 Å². The molecular formula is C12H18N2OS2. The van der Waals surface area contributed by atoms with Gasteiger partial charge < -0.3 is 4.90 Å². The Morgan fingerprint density at radius 2 is 2.41 bits per heavy atom. The highest BCUT2D eigenvalue weighted by Crippen LogP contribution is 2.29. The molecule has 17 heavy (non-hydrogen) atoms. The highest BCUT2D eigenvalue weighted by molar-refractivity contribution is 7.98. The Bertz CT molecular complexity index is 367. The average molecular weight is 270 g/mol. The number of nitrogens with zero attached hydrogens (tertiary/aromatic N) is 1. The van der Waals surface area contributed by atoms with Crippen LogP contribution in [0.3, 0.4) is 0 Å². The Balaban J connectivity index is 2.15. The molecule has 5 heteroatoms. The molecule has 1 fully saturated rings. The van der Waals surface area contributed by atoms with Crippen LogP contribution in [0.25, 0.3) is 0 Å². The second-order valence-electron chi connectivity index (χ2n) is 4.07. The van der Waals surface area contributed by atoms with Crippen molar-refractivity contribution in [3.63, 3.8) is 0 Å². The minimum Gasteiger partial charge on any atom is -0.320 e. The summed E-state index contributed by atoms with van der Waals surface area (Å²) in [5, 5.41) is 5.49. The molecule has 0 bridgehead atoms. The smallest absolute Gasteiger partial charge is 0.241 e. The van der Waals surface area contributed by atoms with Crippen molar-refractivity contribution in [1.29, 1.82) is 0 Å². The molecule has 1 saturated heterocycles. The van der Waals surface area contributed by atoms with Gasteiger partial charge in [0.2, 0.25) is 5.91 Å². The van der Waals surface area contributed by atoms with E-state index < -0.39 is 0 Å². The molecule has 0 saturated carbocycles. The minimum absolute atomic E-state index is 0.0102. The third kappa shape index (κ3) is 2.67. The standard InChI is InChI=1S/C12H18N2OS2/c1-3-9-12(15)14(6-8-16-2)11(13-9)10-5-4-7-17-10/h4-5,7,9,11,13H,3,6,8H2,1-2H3. The van der Waals surface area contributed by atoms with Gasteiger partial charge in [-0.3, -0.25) is 10.1 Å². The maximum absolute atomic E-state index is 12.2. The minimum atomic E-state index is -0.0102. The second-order valence-corrected chi connectivity index (χ2v) is 6.03. The predicted octanol–water partition coefficient (Wildman–Crippen LogP) is 2.32. The molecule has 0 spiro atoms. The zero-order valence-corrected chi connectivity index (χ0v) is 11.8. The van der Waals surface area contributed by atoms with Crippen LogP contribution in [-0.2, 0) is 4.79 Å². The number of rotatable bonds is 5. The Kier molecular flexibility index (Phi) is 4.48. The van der Waals surface area contributed by atoms with Crippen LogP contribution >= 0.6 is 23.1 Å². The summed E-state index contributed by atoms with van der Waals surface area (Å²) < 4.78 is 0. The van der Waals surface area contributed by atoms with E-state index in [2.05, 4.69) is 29.9 Å². The molecule has 2 unspecified atom stereocenters. The number of hydrogen-bond donors (Lipinski definition) is 1. The van der Waals surface area contributed by atoms with Crippen LogP contribution < -0.4 is 5.32 Å². The molecular weight excluding hydrogens is 252 g/mol. The van der Waals surface area contributed by atoms with E-state index in [1.807, 2.05) is 11.0 Å². The number of hydrogen-bond acceptors (Lipinski definition) is 4. The number of thioether (sulfide) groups is 1. The molecule has 1 aliphatic rings. The fourth-order valence-electron chi connectivity index (χ4n) is 2.08. The normalized spacial score (nSPS) is 24.6. The maximum atomic E-state index is 12.2. The lowest BCUT2D eigenvalue weighted by Crippen LogP contribution is -2.32. The van der Waals surface area contributed by atoms with Crippen molar-refractivity contribution in [2.24, 2.45) is 0 Å². The first-order valence-corrected chi connectivity index (χ1v) is 8.14. The van der Waals surface area contributed by atoms with Gasteiger partial charge >= 0.3 is 0 Å². The molecule has 1 amide bonds. The van der Waals surface area contributed by atoms with Crippen LogP contribution in [0.1, 0.15) is 24.4 Å². The van der Waals surface area contributed by atoms with Crippen molar-refractivity contribution in [3.05, 3.63) is 22.4 Å². The SMILES string of the molecule is CCC1NC(c2cccs2)N(CCSC)C1=O. The lowest BCUT2D eigenvalue weighted by molar-refractivity contribution is -0.129. The summed E-state index contributed by atoms with van der Waals surface area (Å²) in [6.07, 6.45) is 3.02. The summed E-state index contributed by atoms with van der Waals surface area (Å²) in [6, 6.07) is 4.13. The van der Waals surface area contributed by atoms with Gasteiger partial charge in [-0.1, -0.05) is 13.0 Å². The lowest BCUT2D eigenvalue weighted by atomic mass is 10.2. The zero-order valence-electron chi connectivity index (χ0n) is 10.2. The first kappa shape index (κ1) is 12.9. The van der Waals surface area contributed by atoms with Gasteiger partial charge in [-0.25, -0.2) is 0 Å². The fraction of sp³-hybridized carbons (Fsp3) is 0.583. The molecule has 2 rings (SSSR count). The van der Waals surface area contributed by atoms with E-state index in [4.69, 9.17) is 0 Å². The van der Waals surface area contributed by atoms with Gasteiger partial charge in [-0.05, 0) is 24.1 Å². The van der Waals surface area contributed by atoms with Crippen molar-refractivity contribution in [3.8, 4) is 0 Å². The van der Waals surface area contributed by atoms with E-state index in [1.165, 1.54) is 4.88 Å². The molecule has 94 valence electrons. The highest BCUT2D eigenvalue weighted by Gasteiger charge is 2.38. The van der Waals surface area contributed by atoms with Gasteiger partial charge in [0.05, 0.1) is 6.04 Å². The summed E-state index contributed by atoms with van der Waals surface area (Å²) in [5.41, 5.74) is 0. The van der Waals surface area contributed by atoms with Crippen molar-refractivity contribution < 1.29 is 4.79 Å². The van der Waals surface area contributed by atoms with Crippen molar-refractivity contribution in [2.45, 2.75) is 25.6 Å². The molecule has 2 atom stereocenters. The van der Waals surface area contributed by atoms with Gasteiger partial charge in [-0.15, -0.1) is 11.3 Å². The molecule has 0 aromatic carbocycles. The van der Waals surface area contributed by atoms with Gasteiger partial charge in [0.1, 0.15) is 6.17 Å². The first-order chi connectivity index (χ1) is 8.27. The number of carbonyl (C=O) groups is 1. The first-order valence-electron chi connectivity index (χ1n) is 5.86. The molecule has 2 heterocycles. The Hall–Kier alpha value is -0.520. The number of carbonyl (C=O) groups excluding carboxylic acids is 1. The largest absolute Gasteiger partial charge is 0.320 e. The Morgan fingerprint density at radius 3 is 3.00 bits per heavy atom. The summed E-state index contributed by atoms with van der Waals surface area (Å²) in [6.45, 7) is 2.88. The van der Waals surface area contributed by atoms with E-state index in [9.17, 15) is 4.79 Å². The van der Waals surface area contributed by atoms with Gasteiger partial charge in [-0.2, -0.15) is 11.8 Å². The third-order valence-electron chi connectivity index (χ3n) is 3.01. The summed E-state index contributed by atoms with van der Waals surface area (Å²) >= 11 is 3.49. The fourth-order valence-corrected chi connectivity index (χ4v) is 3.26. The van der Waals surface area contributed by atoms with Gasteiger partial charge in [0.15, 0.2) is 0 Å². The maximum Gasteiger partial charge on any atom is 0.241 e. The lowest BCUT2D eigenvalue weighted by Gasteiger charge is -2.22. The predicted molar refractivity (Wildman–Crippen MR) is 74.4 cm³/mol. The Labute approximate surface area is 111 Å². The quantitative estimate of drug-likeness (QED) is 0.891. The summed E-state index contributed by atoms with van der Waals surface area (Å²) in [5.74, 6) is 1.24. The average Bonchev–Trinajstić information content (AvgIpc) is 2.94. The van der Waals surface area contributed by atoms with Crippen molar-refractivity contribution in [2.75, 3.05) is 18.6 Å². The summed E-state index contributed by atoms with van der Waals surface area (Å²) in [4.78, 5) is 15.4. The summed E-state index contributed by atoms with van der Waals surface area (Å²) in [7, 11) is 0. The molecule has 1 N–H and O–H groups in total. The molecule has 0 radical (unpaired) electrons. The number of amides is 1. The second kappa shape index (κ2) is 5.89. The van der Waals surface area contributed by atoms with Crippen LogP contribution in [0.15, 0.2) is 17.5 Å². The van der Waals surface area contributed by atoms with E-state index in [-0.39, 0.29) is 18.1 Å². The van der Waals surface area contributed by atoms with E-state index in [0.29, 0.717) is 0 Å². The van der Waals surface area contributed by atoms with E-state index in [0.717, 1.165) is 18.7 Å². The zero-order chi connectivity index (χ0) is 12.3.